The van der Waals surface area contributed by atoms with Crippen molar-refractivity contribution in [2.75, 3.05) is 13.3 Å². The number of hydrogen-bond acceptors (Lipinski definition) is 2. The zero-order valence-corrected chi connectivity index (χ0v) is 11.0. The summed E-state index contributed by atoms with van der Waals surface area (Å²) >= 11 is 0. The minimum absolute atomic E-state index is 0.185. The van der Waals surface area contributed by atoms with Crippen LogP contribution in [0.2, 0.25) is 0 Å². The molecule has 0 bridgehead atoms. The van der Waals surface area contributed by atoms with E-state index in [1.807, 2.05) is 0 Å². The van der Waals surface area contributed by atoms with E-state index in [1.165, 1.54) is 12.8 Å². The first kappa shape index (κ1) is 14.2. The van der Waals surface area contributed by atoms with Gasteiger partial charge in [-0.2, -0.15) is 0 Å². The van der Waals surface area contributed by atoms with Crippen molar-refractivity contribution in [3.63, 3.8) is 0 Å². The molecule has 0 aliphatic heterocycles. The molecule has 0 aromatic heterocycles. The second-order valence-corrected chi connectivity index (χ2v) is 6.50. The van der Waals surface area contributed by atoms with Crippen LogP contribution in [-0.4, -0.2) is 30.1 Å². The zero-order chi connectivity index (χ0) is 13.2. The van der Waals surface area contributed by atoms with Crippen LogP contribution in [0.1, 0.15) is 51.4 Å². The lowest BCUT2D eigenvalue weighted by Crippen LogP contribution is -2.65. The molecule has 0 amide bonds. The summed E-state index contributed by atoms with van der Waals surface area (Å²) in [5, 5.41) is 10.5. The summed E-state index contributed by atoms with van der Waals surface area (Å²) in [6.07, 6.45) is 7.25. The maximum atomic E-state index is 12.8. The molecule has 106 valence electrons. The van der Waals surface area contributed by atoms with Crippen molar-refractivity contribution >= 4 is 0 Å². The Morgan fingerprint density at radius 2 is 1.56 bits per heavy atom. The molecule has 2 rings (SSSR count). The average molecular weight is 261 g/mol. The maximum Gasteiger partial charge on any atom is 0.0977 e. The smallest absolute Gasteiger partial charge is 0.0977 e. The molecule has 2 aliphatic rings. The number of aliphatic hydroxyl groups is 1. The van der Waals surface area contributed by atoms with Gasteiger partial charge in [0.25, 0.3) is 0 Å². The fourth-order valence-electron chi connectivity index (χ4n) is 3.82. The Bertz CT molecular complexity index is 265. The minimum Gasteiger partial charge on any atom is -0.388 e. The van der Waals surface area contributed by atoms with Gasteiger partial charge in [-0.15, -0.1) is 0 Å². The summed E-state index contributed by atoms with van der Waals surface area (Å²) in [5.41, 5.74) is 4.21. The van der Waals surface area contributed by atoms with Gasteiger partial charge < -0.3 is 10.8 Å². The Kier molecular flexibility index (Phi) is 4.27. The van der Waals surface area contributed by atoms with Gasteiger partial charge in [0.05, 0.1) is 19.0 Å². The Morgan fingerprint density at radius 1 is 1.06 bits per heavy atom. The summed E-state index contributed by atoms with van der Waals surface area (Å²) in [7, 11) is 0. The molecule has 18 heavy (non-hydrogen) atoms. The Hall–Kier alpha value is -0.220. The van der Waals surface area contributed by atoms with Gasteiger partial charge in [0.2, 0.25) is 0 Å². The number of hydrogen-bond donors (Lipinski definition) is 2. The van der Waals surface area contributed by atoms with Gasteiger partial charge in [-0.25, -0.2) is 0 Å². The summed E-state index contributed by atoms with van der Waals surface area (Å²) in [6.45, 7) is -1.38. The van der Waals surface area contributed by atoms with Gasteiger partial charge in [-0.05, 0) is 31.6 Å². The molecule has 0 spiro atoms. The molecule has 4 heteroatoms. The first-order chi connectivity index (χ1) is 8.55. The topological polar surface area (TPSA) is 46.2 Å². The maximum absolute atomic E-state index is 12.8. The largest absolute Gasteiger partial charge is 0.388 e. The third kappa shape index (κ3) is 2.55. The summed E-state index contributed by atoms with van der Waals surface area (Å²) in [4.78, 5) is 0. The Balaban J connectivity index is 1.94. The zero-order valence-electron chi connectivity index (χ0n) is 11.0. The van der Waals surface area contributed by atoms with E-state index < -0.39 is 24.4 Å². The summed E-state index contributed by atoms with van der Waals surface area (Å²) in [5.74, 6) is 0.315. The van der Waals surface area contributed by atoms with E-state index in [1.54, 1.807) is 0 Å². The molecule has 2 aliphatic carbocycles. The van der Waals surface area contributed by atoms with Crippen LogP contribution in [-0.2, 0) is 0 Å². The highest BCUT2D eigenvalue weighted by Crippen LogP contribution is 2.52. The number of alkyl halides is 2. The van der Waals surface area contributed by atoms with Crippen molar-refractivity contribution in [2.45, 2.75) is 63.0 Å². The quantitative estimate of drug-likeness (QED) is 0.764. The van der Waals surface area contributed by atoms with Gasteiger partial charge in [-0.1, -0.05) is 25.7 Å². The number of nitrogens with two attached hydrogens (primary N) is 1. The van der Waals surface area contributed by atoms with Crippen LogP contribution in [0.3, 0.4) is 0 Å². The Labute approximate surface area is 108 Å². The van der Waals surface area contributed by atoms with E-state index in [0.29, 0.717) is 5.92 Å². The molecule has 0 saturated heterocycles. The third-order valence-corrected chi connectivity index (χ3v) is 4.96. The molecule has 1 unspecified atom stereocenters. The van der Waals surface area contributed by atoms with Crippen molar-refractivity contribution in [3.8, 4) is 0 Å². The molecule has 0 aromatic carbocycles. The lowest BCUT2D eigenvalue weighted by atomic mass is 9.56. The summed E-state index contributed by atoms with van der Waals surface area (Å²) in [6, 6.07) is -0.318. The van der Waals surface area contributed by atoms with E-state index in [0.717, 1.165) is 25.7 Å². The number of halogens is 2. The van der Waals surface area contributed by atoms with Gasteiger partial charge in [0.15, 0.2) is 0 Å². The van der Waals surface area contributed by atoms with Crippen LogP contribution in [0.4, 0.5) is 8.78 Å². The predicted octanol–water partition coefficient (Wildman–Crippen LogP) is 2.73. The van der Waals surface area contributed by atoms with Crippen molar-refractivity contribution < 1.29 is 13.9 Å². The molecule has 0 heterocycles. The molecule has 0 aromatic rings. The van der Waals surface area contributed by atoms with E-state index in [2.05, 4.69) is 0 Å². The first-order valence-electron chi connectivity index (χ1n) is 7.15. The highest BCUT2D eigenvalue weighted by atomic mass is 19.1. The van der Waals surface area contributed by atoms with Gasteiger partial charge in [0, 0.05) is 11.5 Å². The first-order valence-corrected chi connectivity index (χ1v) is 7.15. The van der Waals surface area contributed by atoms with E-state index in [9.17, 15) is 13.9 Å². The average Bonchev–Trinajstić information content (AvgIpc) is 2.62. The fraction of sp³-hybridized carbons (Fsp3) is 1.00. The van der Waals surface area contributed by atoms with Crippen LogP contribution in [0.5, 0.6) is 0 Å². The van der Waals surface area contributed by atoms with Crippen LogP contribution < -0.4 is 5.73 Å². The highest BCUT2D eigenvalue weighted by molar-refractivity contribution is 5.10. The third-order valence-electron chi connectivity index (χ3n) is 4.96. The normalized spacial score (nSPS) is 29.3. The standard InChI is InChI=1S/C14H25F2NO/c15-9-13(10-16)7-14(18,8-13)12(17)11-5-3-1-2-4-6-11/h11-12,18H,1-10,17H2. The van der Waals surface area contributed by atoms with Gasteiger partial charge in [-0.3, -0.25) is 8.78 Å². The SMILES string of the molecule is NC(C1CCCCCC1)C1(O)CC(CF)(CF)C1. The molecule has 2 saturated carbocycles. The van der Waals surface area contributed by atoms with Crippen molar-refractivity contribution in [2.24, 2.45) is 17.1 Å². The lowest BCUT2D eigenvalue weighted by molar-refractivity contribution is -0.165. The fourth-order valence-corrected chi connectivity index (χ4v) is 3.82. The van der Waals surface area contributed by atoms with E-state index in [-0.39, 0.29) is 18.9 Å². The van der Waals surface area contributed by atoms with Crippen molar-refractivity contribution in [3.05, 3.63) is 0 Å². The Morgan fingerprint density at radius 3 is 2.00 bits per heavy atom. The van der Waals surface area contributed by atoms with Crippen LogP contribution in [0.15, 0.2) is 0 Å². The molecule has 0 radical (unpaired) electrons. The van der Waals surface area contributed by atoms with Crippen LogP contribution in [0.25, 0.3) is 0 Å². The second kappa shape index (κ2) is 5.41. The highest BCUT2D eigenvalue weighted by Gasteiger charge is 2.58. The van der Waals surface area contributed by atoms with Crippen molar-refractivity contribution in [1.82, 2.24) is 0 Å². The monoisotopic (exact) mass is 261 g/mol. The van der Waals surface area contributed by atoms with Gasteiger partial charge >= 0.3 is 0 Å². The van der Waals surface area contributed by atoms with E-state index in [4.69, 9.17) is 5.73 Å². The molecular formula is C14H25F2NO. The predicted molar refractivity (Wildman–Crippen MR) is 67.7 cm³/mol. The molecule has 2 fully saturated rings. The lowest BCUT2D eigenvalue weighted by Gasteiger charge is -2.55. The number of rotatable bonds is 4. The van der Waals surface area contributed by atoms with E-state index >= 15 is 0 Å². The van der Waals surface area contributed by atoms with Crippen LogP contribution in [0, 0.1) is 11.3 Å². The second-order valence-electron chi connectivity index (χ2n) is 6.50. The molecule has 3 N–H and O–H groups in total. The molecular weight excluding hydrogens is 236 g/mol. The van der Waals surface area contributed by atoms with Crippen LogP contribution >= 0.6 is 0 Å². The minimum atomic E-state index is -1.03. The summed E-state index contributed by atoms with van der Waals surface area (Å²) < 4.78 is 25.6. The van der Waals surface area contributed by atoms with Gasteiger partial charge in [0.1, 0.15) is 0 Å². The molecule has 1 atom stereocenters. The molecule has 2 nitrogen and oxygen atoms in total. The van der Waals surface area contributed by atoms with Crippen molar-refractivity contribution in [1.29, 1.82) is 0 Å².